The molecule has 0 radical (unpaired) electrons. The van der Waals surface area contributed by atoms with E-state index < -0.39 is 5.92 Å². The molecule has 1 aliphatic heterocycles. The molecule has 7 heteroatoms. The number of hydrogen-bond donors (Lipinski definition) is 2. The van der Waals surface area contributed by atoms with Crippen LogP contribution in [0.1, 0.15) is 22.3 Å². The van der Waals surface area contributed by atoms with Gasteiger partial charge in [0.1, 0.15) is 5.92 Å². The number of carbonyl (C=O) groups is 3. The minimum Gasteiger partial charge on any atom is -0.355 e. The molecule has 3 rings (SSSR count). The van der Waals surface area contributed by atoms with Crippen molar-refractivity contribution in [3.63, 3.8) is 0 Å². The Hall–Kier alpha value is -2.67. The highest BCUT2D eigenvalue weighted by Gasteiger charge is 2.38. The average molecular weight is 430 g/mol. The summed E-state index contributed by atoms with van der Waals surface area (Å²) >= 11 is 3.45. The number of para-hydroxylation sites is 1. The maximum Gasteiger partial charge on any atom is 0.251 e. The van der Waals surface area contributed by atoms with E-state index in [9.17, 15) is 14.4 Å². The molecule has 1 heterocycles. The minimum absolute atomic E-state index is 0.182. The molecule has 1 saturated heterocycles. The molecule has 0 spiro atoms. The fraction of sp³-hybridized carbons (Fsp3) is 0.250. The fourth-order valence-corrected chi connectivity index (χ4v) is 3.61. The molecule has 2 aromatic carbocycles. The molecule has 140 valence electrons. The minimum atomic E-state index is -0.695. The lowest BCUT2D eigenvalue weighted by Gasteiger charge is -2.18. The van der Waals surface area contributed by atoms with Crippen LogP contribution in [-0.4, -0.2) is 31.3 Å². The van der Waals surface area contributed by atoms with Crippen molar-refractivity contribution in [2.45, 2.75) is 13.0 Å². The van der Waals surface area contributed by atoms with Gasteiger partial charge in [-0.15, -0.1) is 0 Å². The number of anilines is 1. The molecule has 1 fully saturated rings. The highest BCUT2D eigenvalue weighted by Crippen LogP contribution is 2.31. The van der Waals surface area contributed by atoms with Gasteiger partial charge in [0.25, 0.3) is 5.91 Å². The van der Waals surface area contributed by atoms with Crippen molar-refractivity contribution in [2.24, 2.45) is 5.92 Å². The van der Waals surface area contributed by atoms with Crippen molar-refractivity contribution in [2.75, 3.05) is 18.5 Å². The lowest BCUT2D eigenvalue weighted by Crippen LogP contribution is -2.36. The number of nitrogens with zero attached hydrogens (tertiary/aromatic N) is 1. The quantitative estimate of drug-likeness (QED) is 0.716. The van der Waals surface area contributed by atoms with Crippen LogP contribution in [0.4, 0.5) is 5.69 Å². The second-order valence-corrected chi connectivity index (χ2v) is 7.13. The summed E-state index contributed by atoms with van der Waals surface area (Å²) in [4.78, 5) is 38.5. The Kier molecular flexibility index (Phi) is 5.91. The summed E-state index contributed by atoms with van der Waals surface area (Å²) < 4.78 is 0.824. The number of rotatable bonds is 5. The zero-order chi connectivity index (χ0) is 19.4. The standard InChI is InChI=1S/C20H20BrN3O3/c1-22-18(25)14-6-4-5-13(11-14)12-23-19(26)15-9-10-24(20(15)27)17-8-3-2-7-16(17)21/h2-8,11,15H,9-10,12H2,1H3,(H,22,25)(H,23,26). The van der Waals surface area contributed by atoms with Crippen LogP contribution in [-0.2, 0) is 16.1 Å². The van der Waals surface area contributed by atoms with Crippen LogP contribution in [0, 0.1) is 5.92 Å². The van der Waals surface area contributed by atoms with E-state index in [0.717, 1.165) is 15.7 Å². The van der Waals surface area contributed by atoms with Gasteiger partial charge in [0, 0.05) is 30.2 Å². The molecule has 27 heavy (non-hydrogen) atoms. The van der Waals surface area contributed by atoms with E-state index in [1.165, 1.54) is 0 Å². The first-order valence-corrected chi connectivity index (χ1v) is 9.45. The van der Waals surface area contributed by atoms with E-state index >= 15 is 0 Å². The van der Waals surface area contributed by atoms with Crippen LogP contribution in [0.5, 0.6) is 0 Å². The van der Waals surface area contributed by atoms with E-state index in [1.807, 2.05) is 30.3 Å². The molecule has 0 aliphatic carbocycles. The van der Waals surface area contributed by atoms with Gasteiger partial charge in [-0.1, -0.05) is 24.3 Å². The molecule has 0 bridgehead atoms. The third-order valence-electron chi connectivity index (χ3n) is 4.55. The Labute approximate surface area is 166 Å². The number of nitrogens with one attached hydrogen (secondary N) is 2. The highest BCUT2D eigenvalue weighted by molar-refractivity contribution is 9.10. The van der Waals surface area contributed by atoms with Crippen LogP contribution in [0.15, 0.2) is 53.0 Å². The fourth-order valence-electron chi connectivity index (χ4n) is 3.11. The lowest BCUT2D eigenvalue weighted by atomic mass is 10.1. The first-order valence-electron chi connectivity index (χ1n) is 8.66. The van der Waals surface area contributed by atoms with E-state index in [-0.39, 0.29) is 24.3 Å². The van der Waals surface area contributed by atoms with Crippen molar-refractivity contribution in [3.8, 4) is 0 Å². The smallest absolute Gasteiger partial charge is 0.251 e. The summed E-state index contributed by atoms with van der Waals surface area (Å²) in [5, 5.41) is 5.38. The Balaban J connectivity index is 1.63. The van der Waals surface area contributed by atoms with Crippen molar-refractivity contribution in [1.29, 1.82) is 0 Å². The first-order chi connectivity index (χ1) is 13.0. The summed E-state index contributed by atoms with van der Waals surface area (Å²) in [5.41, 5.74) is 2.11. The van der Waals surface area contributed by atoms with Gasteiger partial charge in [-0.05, 0) is 52.2 Å². The van der Waals surface area contributed by atoms with Crippen LogP contribution in [0.3, 0.4) is 0 Å². The van der Waals surface area contributed by atoms with Crippen molar-refractivity contribution >= 4 is 39.3 Å². The van der Waals surface area contributed by atoms with Gasteiger partial charge in [0.15, 0.2) is 0 Å². The van der Waals surface area contributed by atoms with Gasteiger partial charge in [-0.3, -0.25) is 14.4 Å². The van der Waals surface area contributed by atoms with E-state index in [0.29, 0.717) is 18.5 Å². The number of amides is 3. The zero-order valence-electron chi connectivity index (χ0n) is 14.9. The predicted octanol–water partition coefficient (Wildman–Crippen LogP) is 2.48. The summed E-state index contributed by atoms with van der Waals surface area (Å²) in [7, 11) is 1.57. The Morgan fingerprint density at radius 1 is 1.19 bits per heavy atom. The first kappa shape index (κ1) is 19.1. The number of carbonyl (C=O) groups excluding carboxylic acids is 3. The molecule has 0 saturated carbocycles. The molecule has 2 N–H and O–H groups in total. The molecule has 2 aromatic rings. The summed E-state index contributed by atoms with van der Waals surface area (Å²) in [6, 6.07) is 14.5. The predicted molar refractivity (Wildman–Crippen MR) is 106 cm³/mol. The Bertz CT molecular complexity index is 884. The van der Waals surface area contributed by atoms with Gasteiger partial charge in [0.2, 0.25) is 11.8 Å². The van der Waals surface area contributed by atoms with Gasteiger partial charge in [-0.2, -0.15) is 0 Å². The second kappa shape index (κ2) is 8.35. The molecule has 0 aromatic heterocycles. The summed E-state index contributed by atoms with van der Waals surface area (Å²) in [6.45, 7) is 0.772. The van der Waals surface area contributed by atoms with Gasteiger partial charge in [0.05, 0.1) is 5.69 Å². The Morgan fingerprint density at radius 2 is 1.96 bits per heavy atom. The largest absolute Gasteiger partial charge is 0.355 e. The van der Waals surface area contributed by atoms with E-state index in [2.05, 4.69) is 26.6 Å². The molecule has 1 aliphatic rings. The van der Waals surface area contributed by atoms with Crippen LogP contribution in [0.2, 0.25) is 0 Å². The monoisotopic (exact) mass is 429 g/mol. The summed E-state index contributed by atoms with van der Waals surface area (Å²) in [6.07, 6.45) is 0.476. The third kappa shape index (κ3) is 4.19. The number of halogens is 1. The van der Waals surface area contributed by atoms with Gasteiger partial charge in [-0.25, -0.2) is 0 Å². The van der Waals surface area contributed by atoms with Crippen molar-refractivity contribution in [1.82, 2.24) is 10.6 Å². The maximum absolute atomic E-state index is 12.7. The number of benzene rings is 2. The normalized spacial score (nSPS) is 16.3. The topological polar surface area (TPSA) is 78.5 Å². The average Bonchev–Trinajstić information content (AvgIpc) is 3.07. The van der Waals surface area contributed by atoms with Crippen molar-refractivity contribution in [3.05, 3.63) is 64.1 Å². The maximum atomic E-state index is 12.7. The van der Waals surface area contributed by atoms with Crippen LogP contribution >= 0.6 is 15.9 Å². The molecule has 1 unspecified atom stereocenters. The molecular formula is C20H20BrN3O3. The lowest BCUT2D eigenvalue weighted by molar-refractivity contribution is -0.132. The highest BCUT2D eigenvalue weighted by atomic mass is 79.9. The van der Waals surface area contributed by atoms with Crippen LogP contribution < -0.4 is 15.5 Å². The van der Waals surface area contributed by atoms with E-state index in [4.69, 9.17) is 0 Å². The third-order valence-corrected chi connectivity index (χ3v) is 5.22. The molecule has 3 amide bonds. The SMILES string of the molecule is CNC(=O)c1cccc(CNC(=O)C2CCN(c3ccccc3Br)C2=O)c1. The van der Waals surface area contributed by atoms with Crippen LogP contribution in [0.25, 0.3) is 0 Å². The summed E-state index contributed by atoms with van der Waals surface area (Å²) in [5.74, 6) is -1.36. The molecule has 1 atom stereocenters. The van der Waals surface area contributed by atoms with Gasteiger partial charge >= 0.3 is 0 Å². The molecule has 6 nitrogen and oxygen atoms in total. The zero-order valence-corrected chi connectivity index (χ0v) is 16.5. The van der Waals surface area contributed by atoms with E-state index in [1.54, 1.807) is 30.1 Å². The Morgan fingerprint density at radius 3 is 2.70 bits per heavy atom. The molecular weight excluding hydrogens is 410 g/mol. The number of hydrogen-bond acceptors (Lipinski definition) is 3. The van der Waals surface area contributed by atoms with Crippen molar-refractivity contribution < 1.29 is 14.4 Å². The van der Waals surface area contributed by atoms with Gasteiger partial charge < -0.3 is 15.5 Å². The second-order valence-electron chi connectivity index (χ2n) is 6.28.